The topological polar surface area (TPSA) is 78.9 Å². The highest BCUT2D eigenvalue weighted by atomic mass is 16.5. The molecule has 2 heterocycles. The smallest absolute Gasteiger partial charge is 0.327 e. The van der Waals surface area contributed by atoms with Gasteiger partial charge in [0.2, 0.25) is 5.91 Å². The molecule has 1 fully saturated rings. The second kappa shape index (κ2) is 5.22. The van der Waals surface area contributed by atoms with Crippen molar-refractivity contribution in [3.05, 3.63) is 29.8 Å². The summed E-state index contributed by atoms with van der Waals surface area (Å²) in [5.74, 6) is -1.21. The Morgan fingerprint density at radius 3 is 2.85 bits per heavy atom. The molecule has 0 bridgehead atoms. The molecule has 0 spiro atoms. The van der Waals surface area contributed by atoms with Crippen molar-refractivity contribution >= 4 is 17.6 Å². The molecule has 106 valence electrons. The van der Waals surface area contributed by atoms with Crippen molar-refractivity contribution in [2.24, 2.45) is 0 Å². The normalized spacial score (nSPS) is 25.3. The molecule has 1 saturated heterocycles. The fraction of sp³-hybridized carbons (Fsp3) is 0.429. The molecule has 20 heavy (non-hydrogen) atoms. The molecule has 3 rings (SSSR count). The van der Waals surface area contributed by atoms with Gasteiger partial charge in [0.05, 0.1) is 13.2 Å². The van der Waals surface area contributed by atoms with E-state index < -0.39 is 18.1 Å². The van der Waals surface area contributed by atoms with E-state index in [1.54, 1.807) is 6.07 Å². The molecule has 0 radical (unpaired) electrons. The van der Waals surface area contributed by atoms with Crippen molar-refractivity contribution in [3.8, 4) is 0 Å². The van der Waals surface area contributed by atoms with E-state index in [1.807, 2.05) is 18.2 Å². The van der Waals surface area contributed by atoms with E-state index in [9.17, 15) is 14.7 Å². The summed E-state index contributed by atoms with van der Waals surface area (Å²) in [5, 5.41) is 12.4. The lowest BCUT2D eigenvalue weighted by Gasteiger charge is -2.30. The molecule has 6 nitrogen and oxygen atoms in total. The van der Waals surface area contributed by atoms with Crippen molar-refractivity contribution in [1.29, 1.82) is 0 Å². The SMILES string of the molecule is O=C(O)[C@@H]1Cc2ccccc2N1C(=O)C1COCCN1. The molecule has 0 saturated carbocycles. The summed E-state index contributed by atoms with van der Waals surface area (Å²) in [4.78, 5) is 25.4. The minimum absolute atomic E-state index is 0.234. The van der Waals surface area contributed by atoms with E-state index in [0.29, 0.717) is 25.3 Å². The number of amides is 1. The van der Waals surface area contributed by atoms with Gasteiger partial charge >= 0.3 is 5.97 Å². The highest BCUT2D eigenvalue weighted by molar-refractivity contribution is 6.04. The van der Waals surface area contributed by atoms with Gasteiger partial charge in [-0.2, -0.15) is 0 Å². The molecular weight excluding hydrogens is 260 g/mol. The van der Waals surface area contributed by atoms with Crippen LogP contribution in [0, 0.1) is 0 Å². The van der Waals surface area contributed by atoms with Crippen LogP contribution >= 0.6 is 0 Å². The summed E-state index contributed by atoms with van der Waals surface area (Å²) in [6.45, 7) is 1.45. The van der Waals surface area contributed by atoms with Crippen LogP contribution in [0.2, 0.25) is 0 Å². The third-order valence-electron chi connectivity index (χ3n) is 3.72. The summed E-state index contributed by atoms with van der Waals surface area (Å²) in [6.07, 6.45) is 0.352. The van der Waals surface area contributed by atoms with Gasteiger partial charge in [-0.1, -0.05) is 18.2 Å². The highest BCUT2D eigenvalue weighted by Gasteiger charge is 2.41. The molecule has 1 aromatic carbocycles. The highest BCUT2D eigenvalue weighted by Crippen LogP contribution is 2.32. The van der Waals surface area contributed by atoms with Crippen molar-refractivity contribution in [3.63, 3.8) is 0 Å². The average Bonchev–Trinajstić information content (AvgIpc) is 2.87. The Hall–Kier alpha value is -1.92. The van der Waals surface area contributed by atoms with Crippen molar-refractivity contribution < 1.29 is 19.4 Å². The Morgan fingerprint density at radius 2 is 2.15 bits per heavy atom. The van der Waals surface area contributed by atoms with Gasteiger partial charge in [0.1, 0.15) is 12.1 Å². The maximum Gasteiger partial charge on any atom is 0.327 e. The first-order valence-corrected chi connectivity index (χ1v) is 6.63. The monoisotopic (exact) mass is 276 g/mol. The Morgan fingerprint density at radius 1 is 1.35 bits per heavy atom. The number of fused-ring (bicyclic) bond motifs is 1. The molecule has 0 aromatic heterocycles. The van der Waals surface area contributed by atoms with E-state index in [1.165, 1.54) is 4.90 Å². The van der Waals surface area contributed by atoms with Crippen LogP contribution in [0.5, 0.6) is 0 Å². The predicted molar refractivity (Wildman–Crippen MR) is 71.7 cm³/mol. The summed E-state index contributed by atoms with van der Waals surface area (Å²) < 4.78 is 5.29. The number of aliphatic carboxylic acids is 1. The van der Waals surface area contributed by atoms with Gasteiger partial charge in [0.15, 0.2) is 0 Å². The number of carbonyl (C=O) groups is 2. The molecule has 2 aliphatic rings. The first-order chi connectivity index (χ1) is 9.68. The zero-order valence-corrected chi connectivity index (χ0v) is 10.9. The second-order valence-corrected chi connectivity index (χ2v) is 4.98. The van der Waals surface area contributed by atoms with E-state index in [0.717, 1.165) is 5.56 Å². The zero-order valence-electron chi connectivity index (χ0n) is 10.9. The first kappa shape index (κ1) is 13.1. The molecule has 1 aromatic rings. The van der Waals surface area contributed by atoms with Gasteiger partial charge < -0.3 is 15.2 Å². The molecule has 6 heteroatoms. The molecule has 0 aliphatic carbocycles. The number of carboxylic acid groups (broad SMARTS) is 1. The van der Waals surface area contributed by atoms with Gasteiger partial charge in [-0.3, -0.25) is 9.69 Å². The lowest BCUT2D eigenvalue weighted by Crippen LogP contribution is -2.55. The third kappa shape index (κ3) is 2.17. The van der Waals surface area contributed by atoms with Crippen molar-refractivity contribution in [2.45, 2.75) is 18.5 Å². The molecule has 2 aliphatic heterocycles. The number of rotatable bonds is 2. The lowest BCUT2D eigenvalue weighted by molar-refractivity contribution is -0.140. The van der Waals surface area contributed by atoms with Crippen LogP contribution in [0.15, 0.2) is 24.3 Å². The molecular formula is C14H16N2O4. The number of carbonyl (C=O) groups excluding carboxylic acids is 1. The number of ether oxygens (including phenoxy) is 1. The quantitative estimate of drug-likeness (QED) is 0.796. The van der Waals surface area contributed by atoms with Crippen LogP contribution in [-0.2, 0) is 20.7 Å². The Kier molecular flexibility index (Phi) is 3.42. The maximum absolute atomic E-state index is 12.6. The molecule has 1 amide bonds. The fourth-order valence-electron chi connectivity index (χ4n) is 2.75. The molecule has 2 N–H and O–H groups in total. The van der Waals surface area contributed by atoms with E-state index in [2.05, 4.69) is 5.32 Å². The number of nitrogens with zero attached hydrogens (tertiary/aromatic N) is 1. The third-order valence-corrected chi connectivity index (χ3v) is 3.72. The maximum atomic E-state index is 12.6. The largest absolute Gasteiger partial charge is 0.480 e. The van der Waals surface area contributed by atoms with Crippen LogP contribution in [0.1, 0.15) is 5.56 Å². The van der Waals surface area contributed by atoms with Gasteiger partial charge in [-0.05, 0) is 11.6 Å². The minimum Gasteiger partial charge on any atom is -0.480 e. The number of benzene rings is 1. The van der Waals surface area contributed by atoms with Crippen LogP contribution in [0.3, 0.4) is 0 Å². The van der Waals surface area contributed by atoms with Crippen molar-refractivity contribution in [1.82, 2.24) is 5.32 Å². The number of morpholine rings is 1. The standard InChI is InChI=1S/C14H16N2O4/c17-13(10-8-20-6-5-15-10)16-11-4-2-1-3-9(11)7-12(16)14(18)19/h1-4,10,12,15H,5-8H2,(H,18,19)/t10?,12-/m0/s1. The van der Waals surface area contributed by atoms with Crippen LogP contribution in [-0.4, -0.2) is 48.8 Å². The number of para-hydroxylation sites is 1. The van der Waals surface area contributed by atoms with Gasteiger partial charge in [0, 0.05) is 18.7 Å². The second-order valence-electron chi connectivity index (χ2n) is 4.98. The van der Waals surface area contributed by atoms with Gasteiger partial charge in [-0.15, -0.1) is 0 Å². The summed E-state index contributed by atoms with van der Waals surface area (Å²) >= 11 is 0. The Balaban J connectivity index is 1.91. The van der Waals surface area contributed by atoms with Gasteiger partial charge in [-0.25, -0.2) is 4.79 Å². The number of nitrogens with one attached hydrogen (secondary N) is 1. The van der Waals surface area contributed by atoms with Gasteiger partial charge in [0.25, 0.3) is 0 Å². The number of carboxylic acids is 1. The number of hydrogen-bond acceptors (Lipinski definition) is 4. The van der Waals surface area contributed by atoms with Crippen LogP contribution < -0.4 is 10.2 Å². The number of hydrogen-bond donors (Lipinski definition) is 2. The van der Waals surface area contributed by atoms with E-state index in [4.69, 9.17) is 4.74 Å². The van der Waals surface area contributed by atoms with Crippen LogP contribution in [0.25, 0.3) is 0 Å². The summed E-state index contributed by atoms with van der Waals surface area (Å²) in [7, 11) is 0. The Bertz CT molecular complexity index is 540. The zero-order chi connectivity index (χ0) is 14.1. The summed E-state index contributed by atoms with van der Waals surface area (Å²) in [5.41, 5.74) is 1.59. The van der Waals surface area contributed by atoms with E-state index in [-0.39, 0.29) is 12.5 Å². The minimum atomic E-state index is -0.980. The van der Waals surface area contributed by atoms with Crippen LogP contribution in [0.4, 0.5) is 5.69 Å². The fourth-order valence-corrected chi connectivity index (χ4v) is 2.75. The van der Waals surface area contributed by atoms with E-state index >= 15 is 0 Å². The number of anilines is 1. The average molecular weight is 276 g/mol. The summed E-state index contributed by atoms with van der Waals surface area (Å²) in [6, 6.07) is 6.02. The first-order valence-electron chi connectivity index (χ1n) is 6.63. The lowest BCUT2D eigenvalue weighted by atomic mass is 10.1. The molecule has 2 atom stereocenters. The molecule has 1 unspecified atom stereocenters. The Labute approximate surface area is 116 Å². The predicted octanol–water partition coefficient (Wildman–Crippen LogP) is 0.0173. The van der Waals surface area contributed by atoms with Crippen molar-refractivity contribution in [2.75, 3.05) is 24.7 Å².